The number of rotatable bonds is 5. The van der Waals surface area contributed by atoms with E-state index in [-0.39, 0.29) is 6.03 Å². The number of aryl methyl sites for hydroxylation is 1. The maximum atomic E-state index is 12.5. The van der Waals surface area contributed by atoms with Crippen LogP contribution in [0.25, 0.3) is 0 Å². The van der Waals surface area contributed by atoms with E-state index >= 15 is 0 Å². The molecule has 2 fully saturated rings. The second-order valence-electron chi connectivity index (χ2n) is 7.57. The van der Waals surface area contributed by atoms with Crippen LogP contribution in [0, 0.1) is 12.8 Å². The quantitative estimate of drug-likeness (QED) is 0.889. The van der Waals surface area contributed by atoms with E-state index in [2.05, 4.69) is 21.8 Å². The molecule has 0 aromatic carbocycles. The summed E-state index contributed by atoms with van der Waals surface area (Å²) in [7, 11) is 1.71. The van der Waals surface area contributed by atoms with Crippen molar-refractivity contribution in [2.45, 2.75) is 71.1 Å². The van der Waals surface area contributed by atoms with Crippen LogP contribution in [0.15, 0.2) is 6.20 Å². The molecule has 1 aromatic heterocycles. The lowest BCUT2D eigenvalue weighted by Crippen LogP contribution is -2.48. The predicted octanol–water partition coefficient (Wildman–Crippen LogP) is 3.09. The molecule has 1 saturated heterocycles. The molecule has 1 aromatic rings. The number of urea groups is 1. The summed E-state index contributed by atoms with van der Waals surface area (Å²) in [6.07, 6.45) is 10.1. The molecule has 2 aliphatic rings. The van der Waals surface area contributed by atoms with Gasteiger partial charge in [-0.1, -0.05) is 19.3 Å². The lowest BCUT2D eigenvalue weighted by Gasteiger charge is -2.34. The topological polar surface area (TPSA) is 59.4 Å². The summed E-state index contributed by atoms with van der Waals surface area (Å²) in [4.78, 5) is 18.9. The van der Waals surface area contributed by atoms with E-state index in [0.29, 0.717) is 18.6 Å². The summed E-state index contributed by atoms with van der Waals surface area (Å²) in [5.74, 6) is 1.60. The second-order valence-corrected chi connectivity index (χ2v) is 7.57. The summed E-state index contributed by atoms with van der Waals surface area (Å²) in [6.45, 7) is 5.34. The Morgan fingerprint density at radius 3 is 2.64 bits per heavy atom. The van der Waals surface area contributed by atoms with Crippen LogP contribution in [-0.4, -0.2) is 46.7 Å². The number of methoxy groups -OCH3 is 1. The molecule has 2 heterocycles. The lowest BCUT2D eigenvalue weighted by atomic mass is 9.95. The van der Waals surface area contributed by atoms with Crippen molar-refractivity contribution in [1.82, 2.24) is 19.8 Å². The minimum atomic E-state index is 0.143. The first-order valence-corrected chi connectivity index (χ1v) is 9.72. The van der Waals surface area contributed by atoms with Gasteiger partial charge in [-0.3, -0.25) is 0 Å². The number of carbonyl (C=O) groups excluding carboxylic acids is 1. The number of aromatic nitrogens is 2. The zero-order chi connectivity index (χ0) is 17.6. The van der Waals surface area contributed by atoms with Crippen molar-refractivity contribution in [3.05, 3.63) is 17.7 Å². The monoisotopic (exact) mass is 348 g/mol. The molecule has 2 amide bonds. The molecule has 25 heavy (non-hydrogen) atoms. The van der Waals surface area contributed by atoms with Gasteiger partial charge in [0.25, 0.3) is 0 Å². The van der Waals surface area contributed by atoms with Crippen LogP contribution >= 0.6 is 0 Å². The van der Waals surface area contributed by atoms with E-state index in [9.17, 15) is 4.79 Å². The van der Waals surface area contributed by atoms with Crippen molar-refractivity contribution < 1.29 is 9.53 Å². The van der Waals surface area contributed by atoms with Gasteiger partial charge in [0.1, 0.15) is 12.4 Å². The molecule has 1 saturated carbocycles. The summed E-state index contributed by atoms with van der Waals surface area (Å²) in [5, 5.41) is 3.24. The van der Waals surface area contributed by atoms with E-state index in [0.717, 1.165) is 51.1 Å². The average molecular weight is 348 g/mol. The van der Waals surface area contributed by atoms with Gasteiger partial charge in [-0.05, 0) is 38.5 Å². The molecular formula is C19H32N4O2. The van der Waals surface area contributed by atoms with Crippen molar-refractivity contribution in [3.63, 3.8) is 0 Å². The van der Waals surface area contributed by atoms with Gasteiger partial charge in [0, 0.05) is 44.7 Å². The molecule has 0 spiro atoms. The van der Waals surface area contributed by atoms with Gasteiger partial charge in [-0.2, -0.15) is 0 Å². The van der Waals surface area contributed by atoms with Crippen LogP contribution in [0.2, 0.25) is 0 Å². The van der Waals surface area contributed by atoms with Crippen LogP contribution in [-0.2, 0) is 17.9 Å². The highest BCUT2D eigenvalue weighted by atomic mass is 16.5. The van der Waals surface area contributed by atoms with Crippen molar-refractivity contribution in [1.29, 1.82) is 0 Å². The van der Waals surface area contributed by atoms with Crippen molar-refractivity contribution >= 4 is 6.03 Å². The number of hydrogen-bond donors (Lipinski definition) is 1. The molecule has 3 rings (SSSR count). The first-order chi connectivity index (χ1) is 12.2. The highest BCUT2D eigenvalue weighted by Crippen LogP contribution is 2.22. The Labute approximate surface area is 150 Å². The second kappa shape index (κ2) is 8.70. The van der Waals surface area contributed by atoms with Gasteiger partial charge in [-0.15, -0.1) is 0 Å². The minimum Gasteiger partial charge on any atom is -0.377 e. The third kappa shape index (κ3) is 4.75. The summed E-state index contributed by atoms with van der Waals surface area (Å²) < 4.78 is 7.52. The Morgan fingerprint density at radius 1 is 1.24 bits per heavy atom. The van der Waals surface area contributed by atoms with Crippen LogP contribution in [0.5, 0.6) is 0 Å². The van der Waals surface area contributed by atoms with Gasteiger partial charge >= 0.3 is 6.03 Å². The Balaban J connectivity index is 1.47. The number of imidazole rings is 1. The number of nitrogens with zero attached hydrogens (tertiary/aromatic N) is 3. The Hall–Kier alpha value is -1.56. The Kier molecular flexibility index (Phi) is 6.34. The lowest BCUT2D eigenvalue weighted by molar-refractivity contribution is 0.154. The molecular weight excluding hydrogens is 316 g/mol. The summed E-state index contributed by atoms with van der Waals surface area (Å²) >= 11 is 0. The molecule has 1 aliphatic heterocycles. The Bertz CT molecular complexity index is 558. The molecule has 6 heteroatoms. The zero-order valence-corrected chi connectivity index (χ0v) is 15.7. The van der Waals surface area contributed by atoms with Crippen LogP contribution in [0.4, 0.5) is 4.79 Å². The highest BCUT2D eigenvalue weighted by Gasteiger charge is 2.25. The number of carbonyl (C=O) groups is 1. The summed E-state index contributed by atoms with van der Waals surface area (Å²) in [5.41, 5.74) is 1.18. The molecule has 140 valence electrons. The summed E-state index contributed by atoms with van der Waals surface area (Å²) in [6, 6.07) is 0.536. The van der Waals surface area contributed by atoms with E-state index in [4.69, 9.17) is 4.74 Å². The largest absolute Gasteiger partial charge is 0.377 e. The van der Waals surface area contributed by atoms with Crippen molar-refractivity contribution in [2.24, 2.45) is 5.92 Å². The zero-order valence-electron chi connectivity index (χ0n) is 15.7. The van der Waals surface area contributed by atoms with E-state index in [1.165, 1.54) is 25.0 Å². The molecule has 1 aliphatic carbocycles. The van der Waals surface area contributed by atoms with Crippen molar-refractivity contribution in [2.75, 3.05) is 20.2 Å². The Morgan fingerprint density at radius 2 is 1.96 bits per heavy atom. The van der Waals surface area contributed by atoms with Gasteiger partial charge in [0.2, 0.25) is 0 Å². The molecule has 6 nitrogen and oxygen atoms in total. The fourth-order valence-electron chi connectivity index (χ4n) is 4.09. The fourth-order valence-corrected chi connectivity index (χ4v) is 4.09. The van der Waals surface area contributed by atoms with Gasteiger partial charge in [0.15, 0.2) is 0 Å². The third-order valence-corrected chi connectivity index (χ3v) is 5.69. The number of likely N-dealkylation sites (tertiary alicyclic amines) is 1. The predicted molar refractivity (Wildman–Crippen MR) is 97.4 cm³/mol. The smallest absolute Gasteiger partial charge is 0.317 e. The van der Waals surface area contributed by atoms with Gasteiger partial charge in [-0.25, -0.2) is 9.78 Å². The standard InChI is InChI=1S/C19H32N4O2/c1-15-12-20-18(14-25-2)23(15)13-16-8-10-22(11-9-16)19(24)21-17-6-4-3-5-7-17/h12,16-17H,3-11,13-14H2,1-2H3,(H,21,24). The number of ether oxygens (including phenoxy) is 1. The van der Waals surface area contributed by atoms with E-state index in [1.807, 2.05) is 11.1 Å². The maximum Gasteiger partial charge on any atom is 0.317 e. The molecule has 1 N–H and O–H groups in total. The number of nitrogens with one attached hydrogen (secondary N) is 1. The highest BCUT2D eigenvalue weighted by molar-refractivity contribution is 5.74. The molecule has 0 atom stereocenters. The van der Waals surface area contributed by atoms with Crippen LogP contribution in [0.1, 0.15) is 56.5 Å². The van der Waals surface area contributed by atoms with Crippen molar-refractivity contribution in [3.8, 4) is 0 Å². The van der Waals surface area contributed by atoms with E-state index in [1.54, 1.807) is 7.11 Å². The van der Waals surface area contributed by atoms with Crippen LogP contribution in [0.3, 0.4) is 0 Å². The third-order valence-electron chi connectivity index (χ3n) is 5.69. The average Bonchev–Trinajstić information content (AvgIpc) is 2.97. The molecule has 0 radical (unpaired) electrons. The number of amides is 2. The first kappa shape index (κ1) is 18.2. The van der Waals surface area contributed by atoms with Gasteiger partial charge < -0.3 is 19.5 Å². The maximum absolute atomic E-state index is 12.5. The molecule has 0 unspecified atom stereocenters. The van der Waals surface area contributed by atoms with Gasteiger partial charge in [0.05, 0.1) is 0 Å². The number of piperidine rings is 1. The SMILES string of the molecule is COCc1ncc(C)n1CC1CCN(C(=O)NC2CCCCC2)CC1. The number of hydrogen-bond acceptors (Lipinski definition) is 3. The normalized spacial score (nSPS) is 20.0. The van der Waals surface area contributed by atoms with Crippen LogP contribution < -0.4 is 5.32 Å². The molecule has 0 bridgehead atoms. The van der Waals surface area contributed by atoms with E-state index < -0.39 is 0 Å². The first-order valence-electron chi connectivity index (χ1n) is 9.72. The minimum absolute atomic E-state index is 0.143. The fraction of sp³-hybridized carbons (Fsp3) is 0.789.